The molecule has 3 rings (SSSR count). The number of para-hydroxylation sites is 1. The van der Waals surface area contributed by atoms with Crippen molar-refractivity contribution in [3.63, 3.8) is 0 Å². The van der Waals surface area contributed by atoms with E-state index in [1.54, 1.807) is 0 Å². The number of carbonyl (C=O) groups excluding carboxylic acids is 2. The summed E-state index contributed by atoms with van der Waals surface area (Å²) in [6.45, 7) is 3.58. The van der Waals surface area contributed by atoms with Crippen molar-refractivity contribution < 1.29 is 9.59 Å². The van der Waals surface area contributed by atoms with Crippen LogP contribution in [0.1, 0.15) is 31.7 Å². The lowest BCUT2D eigenvalue weighted by molar-refractivity contribution is -0.122. The molecule has 4 nitrogen and oxygen atoms in total. The molecule has 1 aliphatic heterocycles. The van der Waals surface area contributed by atoms with Crippen LogP contribution in [0.15, 0.2) is 24.3 Å². The Balaban J connectivity index is 1.93. The molecule has 106 valence electrons. The van der Waals surface area contributed by atoms with Gasteiger partial charge in [0.2, 0.25) is 11.8 Å². The Morgan fingerprint density at radius 1 is 1.15 bits per heavy atom. The molecule has 1 N–H and O–H groups in total. The molecule has 0 spiro atoms. The number of imide groups is 1. The van der Waals surface area contributed by atoms with E-state index in [1.807, 2.05) is 31.2 Å². The minimum atomic E-state index is -0.0744. The molecular formula is C16H20N2O2. The number of hydrogen-bond acceptors (Lipinski definition) is 3. The van der Waals surface area contributed by atoms with E-state index >= 15 is 0 Å². The van der Waals surface area contributed by atoms with Gasteiger partial charge in [0.1, 0.15) is 0 Å². The number of rotatable bonds is 4. The average molecular weight is 272 g/mol. The Kier molecular flexibility index (Phi) is 3.57. The van der Waals surface area contributed by atoms with Crippen molar-refractivity contribution >= 4 is 17.5 Å². The summed E-state index contributed by atoms with van der Waals surface area (Å²) in [6, 6.07) is 7.69. The molecular weight excluding hydrogens is 252 g/mol. The predicted octanol–water partition coefficient (Wildman–Crippen LogP) is 2.09. The molecule has 1 heterocycles. The van der Waals surface area contributed by atoms with Crippen molar-refractivity contribution in [3.8, 4) is 0 Å². The number of fused-ring (bicyclic) bond motifs is 1. The molecule has 2 aliphatic rings. The largest absolute Gasteiger partial charge is 0.313 e. The highest BCUT2D eigenvalue weighted by Gasteiger charge is 2.50. The van der Waals surface area contributed by atoms with Gasteiger partial charge in [0.05, 0.1) is 17.5 Å². The zero-order valence-electron chi connectivity index (χ0n) is 11.8. The van der Waals surface area contributed by atoms with E-state index in [2.05, 4.69) is 5.32 Å². The number of amides is 2. The van der Waals surface area contributed by atoms with E-state index < -0.39 is 0 Å². The molecule has 0 aromatic heterocycles. The SMILES string of the molecule is CCNCc1ccccc1N1C(=O)C2CCCC2C1=O. The zero-order chi connectivity index (χ0) is 14.1. The van der Waals surface area contributed by atoms with Gasteiger partial charge in [-0.25, -0.2) is 4.90 Å². The minimum Gasteiger partial charge on any atom is -0.313 e. The van der Waals surface area contributed by atoms with E-state index in [4.69, 9.17) is 0 Å². The standard InChI is InChI=1S/C16H20N2O2/c1-2-17-10-11-6-3-4-9-14(11)18-15(19)12-7-5-8-13(12)16(18)20/h3-4,6,9,12-13,17H,2,5,7-8,10H2,1H3. The van der Waals surface area contributed by atoms with Gasteiger partial charge in [0, 0.05) is 6.54 Å². The van der Waals surface area contributed by atoms with E-state index in [1.165, 1.54) is 4.90 Å². The van der Waals surface area contributed by atoms with Gasteiger partial charge in [-0.1, -0.05) is 31.5 Å². The Labute approximate surface area is 119 Å². The first-order valence-electron chi connectivity index (χ1n) is 7.40. The third-order valence-corrected chi connectivity index (χ3v) is 4.39. The Bertz CT molecular complexity index is 519. The maximum atomic E-state index is 12.5. The van der Waals surface area contributed by atoms with Crippen LogP contribution in [0.3, 0.4) is 0 Å². The second-order valence-corrected chi connectivity index (χ2v) is 5.56. The normalized spacial score (nSPS) is 25.4. The highest BCUT2D eigenvalue weighted by atomic mass is 16.2. The monoisotopic (exact) mass is 272 g/mol. The molecule has 0 radical (unpaired) electrons. The van der Waals surface area contributed by atoms with Crippen molar-refractivity contribution in [2.45, 2.75) is 32.7 Å². The Morgan fingerprint density at radius 3 is 2.45 bits per heavy atom. The summed E-state index contributed by atoms with van der Waals surface area (Å²) < 4.78 is 0. The van der Waals surface area contributed by atoms with Gasteiger partial charge in [-0.05, 0) is 31.0 Å². The molecule has 1 aromatic carbocycles. The van der Waals surface area contributed by atoms with Crippen LogP contribution in [0.25, 0.3) is 0 Å². The van der Waals surface area contributed by atoms with Crippen molar-refractivity contribution in [3.05, 3.63) is 29.8 Å². The van der Waals surface area contributed by atoms with Crippen LogP contribution in [-0.2, 0) is 16.1 Å². The summed E-state index contributed by atoms with van der Waals surface area (Å²) in [5.74, 6) is -0.146. The van der Waals surface area contributed by atoms with Crippen LogP contribution in [0.5, 0.6) is 0 Å². The van der Waals surface area contributed by atoms with Crippen LogP contribution < -0.4 is 10.2 Å². The van der Waals surface area contributed by atoms with Gasteiger partial charge >= 0.3 is 0 Å². The van der Waals surface area contributed by atoms with Gasteiger partial charge in [-0.2, -0.15) is 0 Å². The smallest absolute Gasteiger partial charge is 0.237 e. The first kappa shape index (κ1) is 13.3. The van der Waals surface area contributed by atoms with E-state index in [9.17, 15) is 9.59 Å². The van der Waals surface area contributed by atoms with Crippen molar-refractivity contribution in [2.24, 2.45) is 11.8 Å². The number of benzene rings is 1. The number of anilines is 1. The lowest BCUT2D eigenvalue weighted by atomic mass is 10.00. The van der Waals surface area contributed by atoms with Gasteiger partial charge in [0.25, 0.3) is 0 Å². The summed E-state index contributed by atoms with van der Waals surface area (Å²) in [5.41, 5.74) is 1.77. The number of hydrogen-bond donors (Lipinski definition) is 1. The van der Waals surface area contributed by atoms with E-state index in [0.717, 1.165) is 37.1 Å². The summed E-state index contributed by atoms with van der Waals surface area (Å²) in [5, 5.41) is 3.26. The summed E-state index contributed by atoms with van der Waals surface area (Å²) >= 11 is 0. The Hall–Kier alpha value is -1.68. The van der Waals surface area contributed by atoms with Gasteiger partial charge < -0.3 is 5.32 Å². The molecule has 1 aromatic rings. The molecule has 2 atom stereocenters. The second kappa shape index (κ2) is 5.37. The zero-order valence-corrected chi connectivity index (χ0v) is 11.8. The van der Waals surface area contributed by atoms with Crippen LogP contribution in [0, 0.1) is 11.8 Å². The third-order valence-electron chi connectivity index (χ3n) is 4.39. The number of nitrogens with one attached hydrogen (secondary N) is 1. The first-order valence-corrected chi connectivity index (χ1v) is 7.40. The van der Waals surface area contributed by atoms with E-state index in [0.29, 0.717) is 6.54 Å². The fourth-order valence-electron chi connectivity index (χ4n) is 3.37. The lowest BCUT2D eigenvalue weighted by Gasteiger charge is -2.19. The first-order chi connectivity index (χ1) is 9.74. The quantitative estimate of drug-likeness (QED) is 0.854. The second-order valence-electron chi connectivity index (χ2n) is 5.56. The minimum absolute atomic E-state index is 0.00134. The summed E-state index contributed by atoms with van der Waals surface area (Å²) in [7, 11) is 0. The number of carbonyl (C=O) groups is 2. The maximum absolute atomic E-state index is 12.5. The predicted molar refractivity (Wildman–Crippen MR) is 77.1 cm³/mol. The Morgan fingerprint density at radius 2 is 1.80 bits per heavy atom. The highest BCUT2D eigenvalue weighted by molar-refractivity contribution is 6.22. The topological polar surface area (TPSA) is 49.4 Å². The summed E-state index contributed by atoms with van der Waals surface area (Å²) in [6.07, 6.45) is 2.72. The summed E-state index contributed by atoms with van der Waals surface area (Å²) in [4.78, 5) is 26.4. The van der Waals surface area contributed by atoms with Crippen molar-refractivity contribution in [2.75, 3.05) is 11.4 Å². The number of nitrogens with zero attached hydrogens (tertiary/aromatic N) is 1. The fraction of sp³-hybridized carbons (Fsp3) is 0.500. The lowest BCUT2D eigenvalue weighted by Crippen LogP contribution is -2.33. The highest BCUT2D eigenvalue weighted by Crippen LogP contribution is 2.42. The van der Waals surface area contributed by atoms with Crippen LogP contribution in [0.4, 0.5) is 5.69 Å². The molecule has 2 fully saturated rings. The van der Waals surface area contributed by atoms with E-state index in [-0.39, 0.29) is 23.7 Å². The van der Waals surface area contributed by atoms with Gasteiger partial charge in [-0.3, -0.25) is 9.59 Å². The molecule has 2 unspecified atom stereocenters. The van der Waals surface area contributed by atoms with Crippen LogP contribution in [0.2, 0.25) is 0 Å². The van der Waals surface area contributed by atoms with Gasteiger partial charge in [-0.15, -0.1) is 0 Å². The molecule has 20 heavy (non-hydrogen) atoms. The van der Waals surface area contributed by atoms with Gasteiger partial charge in [0.15, 0.2) is 0 Å². The molecule has 1 saturated carbocycles. The molecule has 1 saturated heterocycles. The molecule has 1 aliphatic carbocycles. The molecule has 0 bridgehead atoms. The fourth-order valence-corrected chi connectivity index (χ4v) is 3.37. The third kappa shape index (κ3) is 2.04. The maximum Gasteiger partial charge on any atom is 0.237 e. The molecule has 4 heteroatoms. The van der Waals surface area contributed by atoms with Crippen molar-refractivity contribution in [1.29, 1.82) is 0 Å². The van der Waals surface area contributed by atoms with Crippen molar-refractivity contribution in [1.82, 2.24) is 5.32 Å². The van der Waals surface area contributed by atoms with Crippen LogP contribution >= 0.6 is 0 Å². The molecule has 2 amide bonds. The average Bonchev–Trinajstić information content (AvgIpc) is 3.02. The van der Waals surface area contributed by atoms with Crippen LogP contribution in [-0.4, -0.2) is 18.4 Å².